The number of nitrogens with one attached hydrogen (secondary N) is 1. The number of rotatable bonds is 3. The second-order valence-electron chi connectivity index (χ2n) is 2.93. The van der Waals surface area contributed by atoms with E-state index in [1.165, 1.54) is 0 Å². The second kappa shape index (κ2) is 6.34. The lowest BCUT2D eigenvalue weighted by molar-refractivity contribution is 0.415. The maximum Gasteiger partial charge on any atom is 0.138 e. The molecule has 0 aliphatic carbocycles. The van der Waals surface area contributed by atoms with Crippen LogP contribution in [0.4, 0.5) is 0 Å². The summed E-state index contributed by atoms with van der Waals surface area (Å²) in [4.78, 5) is 0. The Hall–Kier alpha value is -1.17. The maximum atomic E-state index is 5.89. The van der Waals surface area contributed by atoms with Crippen LogP contribution in [0, 0.1) is 11.8 Å². The third-order valence-corrected chi connectivity index (χ3v) is 2.16. The smallest absolute Gasteiger partial charge is 0.138 e. The maximum absolute atomic E-state index is 5.89. The van der Waals surface area contributed by atoms with Crippen LogP contribution in [-0.4, -0.2) is 20.2 Å². The van der Waals surface area contributed by atoms with Crippen molar-refractivity contribution in [2.75, 3.05) is 20.2 Å². The van der Waals surface area contributed by atoms with Gasteiger partial charge in [-0.25, -0.2) is 0 Å². The van der Waals surface area contributed by atoms with Gasteiger partial charge in [0, 0.05) is 5.56 Å². The fraction of sp³-hybridized carbons (Fsp3) is 0.333. The van der Waals surface area contributed by atoms with E-state index >= 15 is 0 Å². The fourth-order valence-electron chi connectivity index (χ4n) is 1.07. The highest BCUT2D eigenvalue weighted by Crippen LogP contribution is 2.24. The Labute approximate surface area is 95.6 Å². The number of methoxy groups -OCH3 is 1. The Morgan fingerprint density at radius 2 is 2.27 bits per heavy atom. The lowest BCUT2D eigenvalue weighted by Crippen LogP contribution is -2.11. The quantitative estimate of drug-likeness (QED) is 0.627. The minimum absolute atomic E-state index is 0.606. The first-order valence-electron chi connectivity index (χ1n) is 4.81. The molecule has 0 spiro atoms. The highest BCUT2D eigenvalue weighted by molar-refractivity contribution is 6.32. The van der Waals surface area contributed by atoms with Crippen LogP contribution in [0.2, 0.25) is 5.02 Å². The topological polar surface area (TPSA) is 21.3 Å². The lowest BCUT2D eigenvalue weighted by atomic mass is 10.2. The molecule has 2 nitrogen and oxygen atoms in total. The van der Waals surface area contributed by atoms with Gasteiger partial charge in [-0.2, -0.15) is 0 Å². The third kappa shape index (κ3) is 3.83. The molecule has 0 radical (unpaired) electrons. The summed E-state index contributed by atoms with van der Waals surface area (Å²) >= 11 is 5.89. The van der Waals surface area contributed by atoms with Crippen molar-refractivity contribution in [3.63, 3.8) is 0 Å². The Morgan fingerprint density at radius 3 is 2.93 bits per heavy atom. The second-order valence-corrected chi connectivity index (χ2v) is 3.34. The molecule has 0 saturated carbocycles. The third-order valence-electron chi connectivity index (χ3n) is 1.85. The summed E-state index contributed by atoms with van der Waals surface area (Å²) in [5.74, 6) is 6.70. The summed E-state index contributed by atoms with van der Waals surface area (Å²) in [6.45, 7) is 3.67. The van der Waals surface area contributed by atoms with Crippen LogP contribution in [0.5, 0.6) is 5.75 Å². The SMILES string of the molecule is CCNCC#Cc1ccc(Cl)c(OC)c1. The molecule has 3 heteroatoms. The fourth-order valence-corrected chi connectivity index (χ4v) is 1.27. The summed E-state index contributed by atoms with van der Waals surface area (Å²) in [6, 6.07) is 5.50. The van der Waals surface area contributed by atoms with E-state index in [4.69, 9.17) is 16.3 Å². The van der Waals surface area contributed by atoms with Gasteiger partial charge in [0.15, 0.2) is 0 Å². The lowest BCUT2D eigenvalue weighted by Gasteiger charge is -2.02. The first-order chi connectivity index (χ1) is 7.27. The van der Waals surface area contributed by atoms with E-state index < -0.39 is 0 Å². The molecule has 1 aromatic carbocycles. The minimum Gasteiger partial charge on any atom is -0.495 e. The molecule has 0 heterocycles. The van der Waals surface area contributed by atoms with Crippen LogP contribution in [0.1, 0.15) is 12.5 Å². The molecule has 1 N–H and O–H groups in total. The Balaban J connectivity index is 2.72. The zero-order valence-electron chi connectivity index (χ0n) is 8.93. The normalized spacial score (nSPS) is 9.27. The van der Waals surface area contributed by atoms with Crippen molar-refractivity contribution in [3.05, 3.63) is 28.8 Å². The van der Waals surface area contributed by atoms with Crippen LogP contribution in [0.15, 0.2) is 18.2 Å². The molecule has 0 fully saturated rings. The Morgan fingerprint density at radius 1 is 1.47 bits per heavy atom. The number of halogens is 1. The van der Waals surface area contributed by atoms with E-state index in [1.54, 1.807) is 13.2 Å². The van der Waals surface area contributed by atoms with Crippen LogP contribution in [-0.2, 0) is 0 Å². The predicted molar refractivity (Wildman–Crippen MR) is 63.4 cm³/mol. The van der Waals surface area contributed by atoms with Gasteiger partial charge in [-0.15, -0.1) is 0 Å². The Bertz CT molecular complexity index is 379. The van der Waals surface area contributed by atoms with Crippen molar-refractivity contribution >= 4 is 11.6 Å². The highest BCUT2D eigenvalue weighted by atomic mass is 35.5. The molecule has 0 amide bonds. The first-order valence-corrected chi connectivity index (χ1v) is 5.19. The summed E-state index contributed by atoms with van der Waals surface area (Å²) in [6.07, 6.45) is 0. The zero-order chi connectivity index (χ0) is 11.1. The van der Waals surface area contributed by atoms with Crippen molar-refractivity contribution in [2.45, 2.75) is 6.92 Å². The number of benzene rings is 1. The molecular formula is C12H14ClNO. The average Bonchev–Trinajstić information content (AvgIpc) is 2.26. The van der Waals surface area contributed by atoms with Crippen LogP contribution >= 0.6 is 11.6 Å². The monoisotopic (exact) mass is 223 g/mol. The molecule has 1 aromatic rings. The van der Waals surface area contributed by atoms with E-state index in [1.807, 2.05) is 19.1 Å². The van der Waals surface area contributed by atoms with Gasteiger partial charge < -0.3 is 10.1 Å². The molecule has 15 heavy (non-hydrogen) atoms. The summed E-state index contributed by atoms with van der Waals surface area (Å²) in [5.41, 5.74) is 0.911. The predicted octanol–water partition coefficient (Wildman–Crippen LogP) is 2.31. The number of hydrogen-bond acceptors (Lipinski definition) is 2. The highest BCUT2D eigenvalue weighted by Gasteiger charge is 1.99. The van der Waals surface area contributed by atoms with E-state index in [-0.39, 0.29) is 0 Å². The van der Waals surface area contributed by atoms with Gasteiger partial charge in [0.1, 0.15) is 5.75 Å². The molecule has 0 bridgehead atoms. The molecule has 0 aromatic heterocycles. The van der Waals surface area contributed by atoms with Gasteiger partial charge in [-0.05, 0) is 24.7 Å². The summed E-state index contributed by atoms with van der Waals surface area (Å²) in [5, 5.41) is 3.73. The van der Waals surface area contributed by atoms with Crippen molar-refractivity contribution < 1.29 is 4.74 Å². The minimum atomic E-state index is 0.606. The molecule has 0 aliphatic heterocycles. The van der Waals surface area contributed by atoms with Crippen molar-refractivity contribution in [2.24, 2.45) is 0 Å². The van der Waals surface area contributed by atoms with Gasteiger partial charge >= 0.3 is 0 Å². The van der Waals surface area contributed by atoms with Gasteiger partial charge in [-0.1, -0.05) is 30.4 Å². The standard InChI is InChI=1S/C12H14ClNO/c1-3-14-8-4-5-10-6-7-11(13)12(9-10)15-2/h6-7,9,14H,3,8H2,1-2H3. The van der Waals surface area contributed by atoms with E-state index in [2.05, 4.69) is 17.2 Å². The van der Waals surface area contributed by atoms with Crippen LogP contribution in [0.25, 0.3) is 0 Å². The zero-order valence-corrected chi connectivity index (χ0v) is 9.69. The summed E-state index contributed by atoms with van der Waals surface area (Å²) in [7, 11) is 1.59. The number of hydrogen-bond donors (Lipinski definition) is 1. The number of ether oxygens (including phenoxy) is 1. The van der Waals surface area contributed by atoms with Crippen molar-refractivity contribution in [3.8, 4) is 17.6 Å². The van der Waals surface area contributed by atoms with Crippen LogP contribution in [0.3, 0.4) is 0 Å². The molecule has 1 rings (SSSR count). The van der Waals surface area contributed by atoms with Gasteiger partial charge in [0.25, 0.3) is 0 Å². The molecule has 0 unspecified atom stereocenters. The van der Waals surface area contributed by atoms with E-state index in [0.717, 1.165) is 12.1 Å². The molecule has 0 saturated heterocycles. The van der Waals surface area contributed by atoms with E-state index in [9.17, 15) is 0 Å². The molecular weight excluding hydrogens is 210 g/mol. The molecule has 80 valence electrons. The van der Waals surface area contributed by atoms with Gasteiger partial charge in [-0.3, -0.25) is 0 Å². The largest absolute Gasteiger partial charge is 0.495 e. The van der Waals surface area contributed by atoms with E-state index in [0.29, 0.717) is 17.3 Å². The average molecular weight is 224 g/mol. The van der Waals surface area contributed by atoms with Crippen LogP contribution < -0.4 is 10.1 Å². The van der Waals surface area contributed by atoms with Gasteiger partial charge in [0.05, 0.1) is 18.7 Å². The first kappa shape index (κ1) is 11.9. The van der Waals surface area contributed by atoms with Gasteiger partial charge in [0.2, 0.25) is 0 Å². The molecule has 0 atom stereocenters. The summed E-state index contributed by atoms with van der Waals surface area (Å²) < 4.78 is 5.10. The molecule has 0 aliphatic rings. The van der Waals surface area contributed by atoms with Crippen molar-refractivity contribution in [1.29, 1.82) is 0 Å². The van der Waals surface area contributed by atoms with Crippen molar-refractivity contribution in [1.82, 2.24) is 5.32 Å². The Kier molecular flexibility index (Phi) is 5.03.